The van der Waals surface area contributed by atoms with Gasteiger partial charge in [-0.1, -0.05) is 19.1 Å². The lowest BCUT2D eigenvalue weighted by Crippen LogP contribution is -2.38. The predicted octanol–water partition coefficient (Wildman–Crippen LogP) is 3.13. The first-order valence-corrected chi connectivity index (χ1v) is 6.77. The number of carboxylic acids is 1. The highest BCUT2D eigenvalue weighted by molar-refractivity contribution is 9.10. The summed E-state index contributed by atoms with van der Waals surface area (Å²) in [7, 11) is 0. The van der Waals surface area contributed by atoms with Crippen LogP contribution in [0.4, 0.5) is 10.5 Å². The lowest BCUT2D eigenvalue weighted by atomic mass is 10.1. The molecular weight excluding hydrogens is 312 g/mol. The molecule has 1 atom stereocenters. The van der Waals surface area contributed by atoms with Crippen LogP contribution in [0.25, 0.3) is 0 Å². The number of amides is 2. The Morgan fingerprint density at radius 3 is 2.68 bits per heavy atom. The van der Waals surface area contributed by atoms with Crippen LogP contribution >= 0.6 is 15.9 Å². The predicted molar refractivity (Wildman–Crippen MR) is 77.4 cm³/mol. The van der Waals surface area contributed by atoms with Crippen molar-refractivity contribution < 1.29 is 14.7 Å². The highest BCUT2D eigenvalue weighted by Gasteiger charge is 2.14. The van der Waals surface area contributed by atoms with Gasteiger partial charge in [-0.25, -0.2) is 4.79 Å². The summed E-state index contributed by atoms with van der Waals surface area (Å²) in [6.45, 7) is 3.75. The SMILES string of the molecule is CCC(CC(=O)O)NC(=O)Nc1cccc(C)c1Br. The molecule has 0 heterocycles. The number of carbonyl (C=O) groups is 2. The molecule has 1 unspecified atom stereocenters. The molecule has 0 saturated carbocycles. The number of benzene rings is 1. The van der Waals surface area contributed by atoms with E-state index in [2.05, 4.69) is 26.6 Å². The number of anilines is 1. The van der Waals surface area contributed by atoms with Crippen molar-refractivity contribution in [1.29, 1.82) is 0 Å². The molecule has 3 N–H and O–H groups in total. The third-order valence-electron chi connectivity index (χ3n) is 2.69. The third-order valence-corrected chi connectivity index (χ3v) is 3.74. The molecule has 0 saturated heterocycles. The lowest BCUT2D eigenvalue weighted by molar-refractivity contribution is -0.137. The summed E-state index contributed by atoms with van der Waals surface area (Å²) < 4.78 is 0.816. The average Bonchev–Trinajstić information content (AvgIpc) is 2.33. The Labute approximate surface area is 120 Å². The van der Waals surface area contributed by atoms with E-state index in [-0.39, 0.29) is 12.5 Å². The summed E-state index contributed by atoms with van der Waals surface area (Å²) >= 11 is 3.40. The molecule has 0 bridgehead atoms. The number of nitrogens with one attached hydrogen (secondary N) is 2. The zero-order valence-corrected chi connectivity index (χ0v) is 12.5. The Balaban J connectivity index is 2.64. The zero-order chi connectivity index (χ0) is 14.4. The van der Waals surface area contributed by atoms with Crippen LogP contribution in [-0.2, 0) is 4.79 Å². The van der Waals surface area contributed by atoms with E-state index in [1.165, 1.54) is 0 Å². The van der Waals surface area contributed by atoms with E-state index in [1.54, 1.807) is 6.07 Å². The van der Waals surface area contributed by atoms with Gasteiger partial charge in [-0.15, -0.1) is 0 Å². The molecule has 5 nitrogen and oxygen atoms in total. The fourth-order valence-electron chi connectivity index (χ4n) is 1.60. The lowest BCUT2D eigenvalue weighted by Gasteiger charge is -2.16. The first kappa shape index (κ1) is 15.5. The number of hydrogen-bond donors (Lipinski definition) is 3. The van der Waals surface area contributed by atoms with Crippen LogP contribution in [0.1, 0.15) is 25.3 Å². The van der Waals surface area contributed by atoms with Crippen molar-refractivity contribution in [3.63, 3.8) is 0 Å². The van der Waals surface area contributed by atoms with E-state index in [0.29, 0.717) is 12.1 Å². The minimum Gasteiger partial charge on any atom is -0.481 e. The van der Waals surface area contributed by atoms with Gasteiger partial charge in [-0.2, -0.15) is 0 Å². The maximum absolute atomic E-state index is 11.8. The molecule has 1 rings (SSSR count). The van der Waals surface area contributed by atoms with Crippen LogP contribution in [-0.4, -0.2) is 23.1 Å². The Hall–Kier alpha value is -1.56. The summed E-state index contributed by atoms with van der Waals surface area (Å²) in [5.74, 6) is -0.927. The first-order valence-electron chi connectivity index (χ1n) is 5.98. The van der Waals surface area contributed by atoms with Crippen molar-refractivity contribution in [1.82, 2.24) is 5.32 Å². The molecule has 104 valence electrons. The van der Waals surface area contributed by atoms with Crippen molar-refractivity contribution in [3.8, 4) is 0 Å². The smallest absolute Gasteiger partial charge is 0.319 e. The Kier molecular flexibility index (Phi) is 5.82. The molecule has 0 fully saturated rings. The number of carboxylic acid groups (broad SMARTS) is 1. The number of aliphatic carboxylic acids is 1. The summed E-state index contributed by atoms with van der Waals surface area (Å²) in [5, 5.41) is 14.1. The number of aryl methyl sites for hydroxylation is 1. The highest BCUT2D eigenvalue weighted by Crippen LogP contribution is 2.25. The average molecular weight is 329 g/mol. The molecule has 0 spiro atoms. The first-order chi connectivity index (χ1) is 8.93. The van der Waals surface area contributed by atoms with Gasteiger partial charge in [-0.05, 0) is 40.9 Å². The molecule has 1 aromatic rings. The monoisotopic (exact) mass is 328 g/mol. The fourth-order valence-corrected chi connectivity index (χ4v) is 1.96. The van der Waals surface area contributed by atoms with Gasteiger partial charge in [0.05, 0.1) is 12.1 Å². The van der Waals surface area contributed by atoms with Crippen molar-refractivity contribution in [2.45, 2.75) is 32.7 Å². The van der Waals surface area contributed by atoms with E-state index in [4.69, 9.17) is 5.11 Å². The Bertz CT molecular complexity index is 477. The van der Waals surface area contributed by atoms with E-state index < -0.39 is 12.0 Å². The molecule has 1 aromatic carbocycles. The summed E-state index contributed by atoms with van der Waals surface area (Å²) in [6.07, 6.45) is 0.480. The molecule has 2 amide bonds. The quantitative estimate of drug-likeness (QED) is 0.776. The summed E-state index contributed by atoms with van der Waals surface area (Å²) in [5.41, 5.74) is 1.66. The van der Waals surface area contributed by atoms with Gasteiger partial charge < -0.3 is 15.7 Å². The normalized spacial score (nSPS) is 11.7. The molecule has 0 radical (unpaired) electrons. The van der Waals surface area contributed by atoms with Crippen LogP contribution in [0.5, 0.6) is 0 Å². The van der Waals surface area contributed by atoms with Gasteiger partial charge in [0.15, 0.2) is 0 Å². The van der Waals surface area contributed by atoms with Gasteiger partial charge >= 0.3 is 12.0 Å². The van der Waals surface area contributed by atoms with Crippen molar-refractivity contribution >= 4 is 33.6 Å². The van der Waals surface area contributed by atoms with Crippen molar-refractivity contribution in [3.05, 3.63) is 28.2 Å². The van der Waals surface area contributed by atoms with Gasteiger partial charge in [0.2, 0.25) is 0 Å². The van der Waals surface area contributed by atoms with E-state index in [9.17, 15) is 9.59 Å². The molecule has 6 heteroatoms. The minimum atomic E-state index is -0.927. The van der Waals surface area contributed by atoms with E-state index in [0.717, 1.165) is 10.0 Å². The maximum Gasteiger partial charge on any atom is 0.319 e. The number of urea groups is 1. The molecular formula is C13H17BrN2O3. The maximum atomic E-state index is 11.8. The van der Waals surface area contributed by atoms with Crippen LogP contribution in [0.15, 0.2) is 22.7 Å². The van der Waals surface area contributed by atoms with Crippen molar-refractivity contribution in [2.75, 3.05) is 5.32 Å². The highest BCUT2D eigenvalue weighted by atomic mass is 79.9. The molecule has 0 aliphatic heterocycles. The third kappa shape index (κ3) is 4.90. The number of hydrogen-bond acceptors (Lipinski definition) is 2. The number of halogens is 1. The van der Waals surface area contributed by atoms with Gasteiger partial charge in [0.1, 0.15) is 0 Å². The second-order valence-electron chi connectivity index (χ2n) is 4.24. The standard InChI is InChI=1S/C13H17BrN2O3/c1-3-9(7-11(17)18)15-13(19)16-10-6-4-5-8(2)12(10)14/h4-6,9H,3,7H2,1-2H3,(H,17,18)(H2,15,16,19). The fraction of sp³-hybridized carbons (Fsp3) is 0.385. The van der Waals surface area contributed by atoms with Crippen molar-refractivity contribution in [2.24, 2.45) is 0 Å². The van der Waals surface area contributed by atoms with Crippen LogP contribution in [0.2, 0.25) is 0 Å². The zero-order valence-electron chi connectivity index (χ0n) is 10.9. The Morgan fingerprint density at radius 1 is 1.42 bits per heavy atom. The van der Waals surface area contributed by atoms with Gasteiger partial charge in [0, 0.05) is 10.5 Å². The molecule has 19 heavy (non-hydrogen) atoms. The van der Waals surface area contributed by atoms with E-state index in [1.807, 2.05) is 26.0 Å². The minimum absolute atomic E-state index is 0.0844. The van der Waals surface area contributed by atoms with Crippen LogP contribution in [0.3, 0.4) is 0 Å². The van der Waals surface area contributed by atoms with Gasteiger partial charge in [-0.3, -0.25) is 4.79 Å². The molecule has 0 aromatic heterocycles. The molecule has 0 aliphatic carbocycles. The van der Waals surface area contributed by atoms with E-state index >= 15 is 0 Å². The second-order valence-corrected chi connectivity index (χ2v) is 5.03. The number of rotatable bonds is 5. The summed E-state index contributed by atoms with van der Waals surface area (Å²) in [4.78, 5) is 22.4. The van der Waals surface area contributed by atoms with Gasteiger partial charge in [0.25, 0.3) is 0 Å². The Morgan fingerprint density at radius 2 is 2.11 bits per heavy atom. The largest absolute Gasteiger partial charge is 0.481 e. The van der Waals surface area contributed by atoms with Crippen LogP contribution in [0, 0.1) is 6.92 Å². The topological polar surface area (TPSA) is 78.4 Å². The summed E-state index contributed by atoms with van der Waals surface area (Å²) in [6, 6.07) is 4.76. The number of carbonyl (C=O) groups excluding carboxylic acids is 1. The molecule has 0 aliphatic rings. The second kappa shape index (κ2) is 7.13. The van der Waals surface area contributed by atoms with Crippen LogP contribution < -0.4 is 10.6 Å².